The molecule has 0 aromatic heterocycles. The van der Waals surface area contributed by atoms with Crippen molar-refractivity contribution in [1.82, 2.24) is 0 Å². The molecule has 5 nitrogen and oxygen atoms in total. The molecule has 0 atom stereocenters. The number of fused-ring (bicyclic) bond motifs is 1. The van der Waals surface area contributed by atoms with Gasteiger partial charge in [0.05, 0.1) is 5.41 Å². The van der Waals surface area contributed by atoms with Crippen LogP contribution in [0.2, 0.25) is 0 Å². The van der Waals surface area contributed by atoms with Crippen LogP contribution in [0.1, 0.15) is 25.3 Å². The largest absolute Gasteiger partial charge is 0.329 e. The number of hydrogen-bond donors (Lipinski definition) is 2. The zero-order chi connectivity index (χ0) is 14.3. The minimum atomic E-state index is -0.343. The molecular weight excluding hydrogens is 254 g/mol. The maximum Gasteiger partial charge on any atom is 0.231 e. The van der Waals surface area contributed by atoms with E-state index >= 15 is 0 Å². The van der Waals surface area contributed by atoms with E-state index in [-0.39, 0.29) is 17.2 Å². The number of nitrogens with two attached hydrogens (primary N) is 1. The van der Waals surface area contributed by atoms with Gasteiger partial charge in [0, 0.05) is 31.4 Å². The fraction of sp³-hybridized carbons (Fsp3) is 0.467. The van der Waals surface area contributed by atoms with Crippen LogP contribution in [-0.2, 0) is 16.0 Å². The van der Waals surface area contributed by atoms with Crippen LogP contribution in [0.4, 0.5) is 11.4 Å². The third-order valence-corrected chi connectivity index (χ3v) is 4.34. The molecule has 5 heteroatoms. The summed E-state index contributed by atoms with van der Waals surface area (Å²) in [4.78, 5) is 25.4. The highest BCUT2D eigenvalue weighted by atomic mass is 16.2. The second kappa shape index (κ2) is 4.59. The Kier molecular flexibility index (Phi) is 3.01. The Hall–Kier alpha value is -1.88. The van der Waals surface area contributed by atoms with Crippen molar-refractivity contribution in [2.45, 2.75) is 26.2 Å². The van der Waals surface area contributed by atoms with Gasteiger partial charge < -0.3 is 16.0 Å². The molecule has 0 bridgehead atoms. The van der Waals surface area contributed by atoms with E-state index in [1.165, 1.54) is 0 Å². The first-order chi connectivity index (χ1) is 9.55. The molecule has 0 saturated heterocycles. The molecule has 1 heterocycles. The Bertz CT molecular complexity index is 578. The molecule has 106 valence electrons. The van der Waals surface area contributed by atoms with E-state index in [1.54, 1.807) is 11.8 Å². The Morgan fingerprint density at radius 3 is 2.75 bits per heavy atom. The molecule has 1 saturated carbocycles. The fourth-order valence-corrected chi connectivity index (χ4v) is 2.75. The lowest BCUT2D eigenvalue weighted by molar-refractivity contribution is -0.120. The summed E-state index contributed by atoms with van der Waals surface area (Å²) < 4.78 is 0. The summed E-state index contributed by atoms with van der Waals surface area (Å²) in [7, 11) is 0. The van der Waals surface area contributed by atoms with Gasteiger partial charge in [-0.2, -0.15) is 0 Å². The normalized spacial score (nSPS) is 18.6. The predicted octanol–water partition coefficient (Wildman–Crippen LogP) is 1.27. The molecule has 0 radical (unpaired) electrons. The molecule has 1 aliphatic heterocycles. The quantitative estimate of drug-likeness (QED) is 0.871. The van der Waals surface area contributed by atoms with Gasteiger partial charge in [-0.15, -0.1) is 0 Å². The fourth-order valence-electron chi connectivity index (χ4n) is 2.75. The molecule has 1 fully saturated rings. The topological polar surface area (TPSA) is 75.4 Å². The summed E-state index contributed by atoms with van der Waals surface area (Å²) in [5.74, 6) is 0.0713. The monoisotopic (exact) mass is 273 g/mol. The number of carbonyl (C=O) groups excluding carboxylic acids is 2. The van der Waals surface area contributed by atoms with E-state index in [4.69, 9.17) is 5.73 Å². The van der Waals surface area contributed by atoms with E-state index in [0.717, 1.165) is 42.7 Å². The van der Waals surface area contributed by atoms with Gasteiger partial charge in [0.25, 0.3) is 0 Å². The van der Waals surface area contributed by atoms with Crippen LogP contribution in [0.5, 0.6) is 0 Å². The predicted molar refractivity (Wildman–Crippen MR) is 77.5 cm³/mol. The molecule has 2 amide bonds. The standard InChI is InChI=1S/C15H19N3O2/c1-10(19)18-7-4-11-8-12(2-3-13(11)18)17-14(20)15(9-16)5-6-15/h2-3,8H,4-7,9,16H2,1H3,(H,17,20). The lowest BCUT2D eigenvalue weighted by Crippen LogP contribution is -2.30. The highest BCUT2D eigenvalue weighted by Gasteiger charge is 2.48. The summed E-state index contributed by atoms with van der Waals surface area (Å²) >= 11 is 0. The Labute approximate surface area is 118 Å². The van der Waals surface area contributed by atoms with Gasteiger partial charge in [-0.1, -0.05) is 0 Å². The summed E-state index contributed by atoms with van der Waals surface area (Å²) in [6.45, 7) is 2.69. The summed E-state index contributed by atoms with van der Waals surface area (Å²) in [5.41, 5.74) is 8.17. The highest BCUT2D eigenvalue weighted by molar-refractivity contribution is 5.98. The van der Waals surface area contributed by atoms with Crippen molar-refractivity contribution in [1.29, 1.82) is 0 Å². The third kappa shape index (κ3) is 2.08. The lowest BCUT2D eigenvalue weighted by atomic mass is 10.1. The maximum atomic E-state index is 12.1. The van der Waals surface area contributed by atoms with E-state index in [1.807, 2.05) is 18.2 Å². The van der Waals surface area contributed by atoms with Gasteiger partial charge in [0.15, 0.2) is 0 Å². The molecule has 2 aliphatic rings. The van der Waals surface area contributed by atoms with Gasteiger partial charge >= 0.3 is 0 Å². The highest BCUT2D eigenvalue weighted by Crippen LogP contribution is 2.45. The molecule has 1 aromatic carbocycles. The van der Waals surface area contributed by atoms with Crippen LogP contribution in [0, 0.1) is 5.41 Å². The van der Waals surface area contributed by atoms with E-state index < -0.39 is 0 Å². The number of benzene rings is 1. The molecule has 3 N–H and O–H groups in total. The Balaban J connectivity index is 1.77. The molecule has 3 rings (SSSR count). The van der Waals surface area contributed by atoms with Gasteiger partial charge in [0.1, 0.15) is 0 Å². The smallest absolute Gasteiger partial charge is 0.231 e. The first kappa shape index (κ1) is 13.1. The number of carbonyl (C=O) groups is 2. The van der Waals surface area contributed by atoms with E-state index in [9.17, 15) is 9.59 Å². The van der Waals surface area contributed by atoms with Gasteiger partial charge in [0.2, 0.25) is 11.8 Å². The van der Waals surface area contributed by atoms with Crippen LogP contribution < -0.4 is 16.0 Å². The van der Waals surface area contributed by atoms with E-state index in [0.29, 0.717) is 6.54 Å². The summed E-state index contributed by atoms with van der Waals surface area (Å²) in [6, 6.07) is 5.72. The number of amides is 2. The maximum absolute atomic E-state index is 12.1. The Morgan fingerprint density at radius 2 is 2.15 bits per heavy atom. The molecule has 0 spiro atoms. The lowest BCUT2D eigenvalue weighted by Gasteiger charge is -2.16. The summed E-state index contributed by atoms with van der Waals surface area (Å²) in [6.07, 6.45) is 2.58. The third-order valence-electron chi connectivity index (χ3n) is 4.34. The number of rotatable bonds is 3. The molecule has 1 aromatic rings. The number of nitrogens with zero attached hydrogens (tertiary/aromatic N) is 1. The average Bonchev–Trinajstić information content (AvgIpc) is 3.12. The SMILES string of the molecule is CC(=O)N1CCc2cc(NC(=O)C3(CN)CC3)ccc21. The van der Waals surface area contributed by atoms with Crippen LogP contribution in [0.25, 0.3) is 0 Å². The van der Waals surface area contributed by atoms with Crippen molar-refractivity contribution < 1.29 is 9.59 Å². The molecule has 1 aliphatic carbocycles. The zero-order valence-electron chi connectivity index (χ0n) is 11.6. The second-order valence-electron chi connectivity index (χ2n) is 5.70. The average molecular weight is 273 g/mol. The van der Waals surface area contributed by atoms with Crippen molar-refractivity contribution >= 4 is 23.2 Å². The van der Waals surface area contributed by atoms with Crippen LogP contribution >= 0.6 is 0 Å². The second-order valence-corrected chi connectivity index (χ2v) is 5.70. The van der Waals surface area contributed by atoms with Gasteiger partial charge in [-0.3, -0.25) is 9.59 Å². The first-order valence-corrected chi connectivity index (χ1v) is 6.98. The van der Waals surface area contributed by atoms with Crippen LogP contribution in [-0.4, -0.2) is 24.9 Å². The zero-order valence-corrected chi connectivity index (χ0v) is 11.6. The summed E-state index contributed by atoms with van der Waals surface area (Å²) in [5, 5.41) is 2.95. The van der Waals surface area contributed by atoms with Crippen molar-refractivity contribution in [3.63, 3.8) is 0 Å². The Morgan fingerprint density at radius 1 is 1.40 bits per heavy atom. The van der Waals surface area contributed by atoms with Crippen LogP contribution in [0.3, 0.4) is 0 Å². The molecule has 20 heavy (non-hydrogen) atoms. The molecular formula is C15H19N3O2. The molecule has 0 unspecified atom stereocenters. The van der Waals surface area contributed by atoms with Crippen molar-refractivity contribution in [2.75, 3.05) is 23.3 Å². The minimum Gasteiger partial charge on any atom is -0.329 e. The van der Waals surface area contributed by atoms with Crippen molar-refractivity contribution in [2.24, 2.45) is 11.1 Å². The number of hydrogen-bond acceptors (Lipinski definition) is 3. The van der Waals surface area contributed by atoms with Crippen LogP contribution in [0.15, 0.2) is 18.2 Å². The van der Waals surface area contributed by atoms with Crippen molar-refractivity contribution in [3.8, 4) is 0 Å². The number of anilines is 2. The van der Waals surface area contributed by atoms with Gasteiger partial charge in [-0.05, 0) is 43.0 Å². The number of nitrogens with one attached hydrogen (secondary N) is 1. The van der Waals surface area contributed by atoms with E-state index in [2.05, 4.69) is 5.32 Å². The van der Waals surface area contributed by atoms with Crippen molar-refractivity contribution in [3.05, 3.63) is 23.8 Å². The first-order valence-electron chi connectivity index (χ1n) is 6.98. The van der Waals surface area contributed by atoms with Gasteiger partial charge in [-0.25, -0.2) is 0 Å². The minimum absolute atomic E-state index is 0.0152.